The second kappa shape index (κ2) is 18.8. The average Bonchev–Trinajstić information content (AvgIpc) is 3.45. The molecule has 1 unspecified atom stereocenters. The second-order valence-corrected chi connectivity index (χ2v) is 16.7. The van der Waals surface area contributed by atoms with Gasteiger partial charge in [-0.25, -0.2) is 36.9 Å². The number of halogens is 5. The first-order valence-corrected chi connectivity index (χ1v) is 19.8. The number of anilines is 1. The van der Waals surface area contributed by atoms with E-state index < -0.39 is 64.1 Å². The van der Waals surface area contributed by atoms with E-state index in [1.807, 2.05) is 0 Å². The van der Waals surface area contributed by atoms with E-state index in [4.69, 9.17) is 19.7 Å². The van der Waals surface area contributed by atoms with Gasteiger partial charge in [-0.2, -0.15) is 10.0 Å². The Morgan fingerprint density at radius 2 is 1.50 bits per heavy atom. The number of hydrogen-bond donors (Lipinski definition) is 2. The van der Waals surface area contributed by atoms with E-state index >= 15 is 0 Å². The Morgan fingerprint density at radius 3 is 2.17 bits per heavy atom. The highest BCUT2D eigenvalue weighted by Crippen LogP contribution is 2.51. The van der Waals surface area contributed by atoms with Gasteiger partial charge in [0.1, 0.15) is 18.2 Å². The fourth-order valence-corrected chi connectivity index (χ4v) is 7.27. The lowest BCUT2D eigenvalue weighted by Crippen LogP contribution is -2.18. The molecule has 2 heterocycles. The summed E-state index contributed by atoms with van der Waals surface area (Å²) >= 11 is 0. The topological polar surface area (TPSA) is 135 Å². The second-order valence-electron chi connectivity index (χ2n) is 11.6. The Bertz CT molecular complexity index is 1590. The maximum atomic E-state index is 14.1. The summed E-state index contributed by atoms with van der Waals surface area (Å²) in [6, 6.07) is 0. The van der Waals surface area contributed by atoms with Gasteiger partial charge in [-0.3, -0.25) is 4.57 Å². The lowest BCUT2D eigenvalue weighted by molar-refractivity contribution is 0.0610. The Kier molecular flexibility index (Phi) is 15.5. The Hall–Kier alpha value is -2.80. The highest BCUT2D eigenvalue weighted by atomic mass is 32.3. The van der Waals surface area contributed by atoms with Crippen molar-refractivity contribution in [3.63, 3.8) is 0 Å². The van der Waals surface area contributed by atoms with Gasteiger partial charge in [-0.15, -0.1) is 0 Å². The van der Waals surface area contributed by atoms with Crippen molar-refractivity contribution >= 4 is 34.6 Å². The SMILES string of the molecule is C[C@H](Cn1cnc2c(N)ncnc21)OCP(=O)(O)OCCOCCCCCCCCCCC#CS(C)(C)c1c(F)c(F)c(F)c(F)c1F. The van der Waals surface area contributed by atoms with Crippen LogP contribution in [0.1, 0.15) is 64.7 Å². The van der Waals surface area contributed by atoms with E-state index in [0.717, 1.165) is 51.4 Å². The monoisotopic (exact) mass is 723 g/mol. The predicted octanol–water partition coefficient (Wildman–Crippen LogP) is 7.28. The number of hydrogen-bond acceptors (Lipinski definition) is 8. The Balaban J connectivity index is 1.17. The molecule has 0 aliphatic carbocycles. The van der Waals surface area contributed by atoms with Crippen LogP contribution in [0.3, 0.4) is 0 Å². The first kappa shape index (κ1) is 39.6. The van der Waals surface area contributed by atoms with Gasteiger partial charge in [0.05, 0.1) is 37.1 Å². The molecule has 0 aliphatic rings. The molecular formula is C31H43F5N5O5PS. The molecule has 0 aliphatic heterocycles. The minimum atomic E-state index is -3.95. The number of nitrogens with zero attached hydrogens (tertiary/aromatic N) is 4. The van der Waals surface area contributed by atoms with Gasteiger partial charge in [-0.1, -0.05) is 49.7 Å². The lowest BCUT2D eigenvalue weighted by atomic mass is 10.1. The van der Waals surface area contributed by atoms with Crippen molar-refractivity contribution in [2.75, 3.05) is 44.4 Å². The molecular weight excluding hydrogens is 680 g/mol. The van der Waals surface area contributed by atoms with Crippen molar-refractivity contribution in [3.05, 3.63) is 41.7 Å². The van der Waals surface area contributed by atoms with Crippen LogP contribution in [0.5, 0.6) is 0 Å². The van der Waals surface area contributed by atoms with Gasteiger partial charge < -0.3 is 29.2 Å². The molecule has 0 spiro atoms. The molecule has 0 fully saturated rings. The lowest BCUT2D eigenvalue weighted by Gasteiger charge is -2.26. The van der Waals surface area contributed by atoms with Crippen molar-refractivity contribution in [2.24, 2.45) is 0 Å². The third-order valence-corrected chi connectivity index (χ3v) is 10.4. The predicted molar refractivity (Wildman–Crippen MR) is 175 cm³/mol. The van der Waals surface area contributed by atoms with E-state index in [1.54, 1.807) is 17.8 Å². The largest absolute Gasteiger partial charge is 0.382 e. The summed E-state index contributed by atoms with van der Waals surface area (Å²) in [6.45, 7) is 2.76. The normalized spacial score (nSPS) is 14.1. The van der Waals surface area contributed by atoms with Gasteiger partial charge >= 0.3 is 7.60 Å². The number of aromatic nitrogens is 4. The Morgan fingerprint density at radius 1 is 0.896 bits per heavy atom. The number of ether oxygens (including phenoxy) is 2. The molecule has 0 saturated carbocycles. The zero-order chi connectivity index (χ0) is 35.3. The van der Waals surface area contributed by atoms with Crippen LogP contribution in [0, 0.1) is 40.3 Å². The number of nitrogen functional groups attached to an aromatic ring is 1. The van der Waals surface area contributed by atoms with E-state index in [2.05, 4.69) is 26.1 Å². The van der Waals surface area contributed by atoms with Crippen LogP contribution in [0.15, 0.2) is 17.6 Å². The zero-order valence-corrected chi connectivity index (χ0v) is 29.0. The number of benzene rings is 1. The molecule has 0 radical (unpaired) electrons. The molecule has 2 aromatic heterocycles. The van der Waals surface area contributed by atoms with Crippen LogP contribution in [-0.2, 0) is 25.1 Å². The van der Waals surface area contributed by atoms with Gasteiger partial charge in [-0.05, 0) is 32.3 Å². The number of unbranched alkanes of at least 4 members (excludes halogenated alkanes) is 8. The molecule has 3 N–H and O–H groups in total. The minimum absolute atomic E-state index is 0.0336. The maximum Gasteiger partial charge on any atom is 0.353 e. The van der Waals surface area contributed by atoms with Gasteiger partial charge in [0.2, 0.25) is 5.82 Å². The van der Waals surface area contributed by atoms with E-state index in [1.165, 1.54) is 18.8 Å². The summed E-state index contributed by atoms with van der Waals surface area (Å²) in [5.74, 6) is -6.58. The molecule has 0 amide bonds. The van der Waals surface area contributed by atoms with Crippen molar-refractivity contribution in [1.82, 2.24) is 19.5 Å². The smallest absolute Gasteiger partial charge is 0.353 e. The van der Waals surface area contributed by atoms with E-state index in [9.17, 15) is 31.4 Å². The fourth-order valence-electron chi connectivity index (χ4n) is 4.76. The molecule has 48 heavy (non-hydrogen) atoms. The Labute approximate surface area is 278 Å². The third kappa shape index (κ3) is 11.7. The molecule has 268 valence electrons. The summed E-state index contributed by atoms with van der Waals surface area (Å²) in [7, 11) is -6.49. The quantitative estimate of drug-likeness (QED) is 0.0308. The highest BCUT2D eigenvalue weighted by Gasteiger charge is 2.31. The molecule has 10 nitrogen and oxygen atoms in total. The van der Waals surface area contributed by atoms with Crippen molar-refractivity contribution in [3.8, 4) is 11.2 Å². The molecule has 3 aromatic rings. The number of nitrogens with two attached hydrogens (primary N) is 1. The first-order valence-electron chi connectivity index (χ1n) is 15.6. The molecule has 1 aromatic carbocycles. The van der Waals surface area contributed by atoms with Crippen molar-refractivity contribution in [1.29, 1.82) is 0 Å². The van der Waals surface area contributed by atoms with Gasteiger partial charge in [0.15, 0.2) is 34.7 Å². The number of fused-ring (bicyclic) bond motifs is 1. The van der Waals surface area contributed by atoms with Crippen molar-refractivity contribution in [2.45, 2.75) is 82.3 Å². The van der Waals surface area contributed by atoms with Gasteiger partial charge in [0.25, 0.3) is 0 Å². The molecule has 2 atom stereocenters. The summed E-state index contributed by atoms with van der Waals surface area (Å²) in [6.07, 6.45) is 13.0. The zero-order valence-electron chi connectivity index (χ0n) is 27.3. The van der Waals surface area contributed by atoms with E-state index in [0.29, 0.717) is 30.7 Å². The molecule has 0 bridgehead atoms. The first-order chi connectivity index (χ1) is 22.7. The van der Waals surface area contributed by atoms with Crippen LogP contribution in [0.4, 0.5) is 27.8 Å². The van der Waals surface area contributed by atoms with Crippen LogP contribution in [0.2, 0.25) is 0 Å². The number of rotatable bonds is 20. The van der Waals surface area contributed by atoms with Gasteiger partial charge in [0, 0.05) is 13.0 Å². The maximum absolute atomic E-state index is 14.1. The third-order valence-electron chi connectivity index (χ3n) is 7.27. The summed E-state index contributed by atoms with van der Waals surface area (Å²) in [5, 5.41) is 2.74. The summed E-state index contributed by atoms with van der Waals surface area (Å²) in [4.78, 5) is 21.4. The minimum Gasteiger partial charge on any atom is -0.382 e. The molecule has 0 saturated heterocycles. The van der Waals surface area contributed by atoms with Crippen LogP contribution in [0.25, 0.3) is 11.2 Å². The van der Waals surface area contributed by atoms with Crippen LogP contribution < -0.4 is 5.73 Å². The molecule has 17 heteroatoms. The summed E-state index contributed by atoms with van der Waals surface area (Å²) in [5.41, 5.74) is 6.81. The standard InChI is InChI=1S/C31H43F5N5O5PS/c1-22(18-41-20-40-28-30(37)38-19-39-31(28)41)45-21-47(42,43)46-16-15-44-14-12-10-8-6-4-5-7-9-11-13-17-48(2,3)29-26(35)24(33)23(32)25(34)27(29)36/h19-20,22H,4-12,14-16,18,21H2,1-3H3,(H,42,43)(H2,37,38,39)/t22-/m1/s1. The fraction of sp³-hybridized carbons (Fsp3) is 0.581. The number of imidazole rings is 1. The molecule has 3 rings (SSSR count). The highest BCUT2D eigenvalue weighted by molar-refractivity contribution is 8.36. The van der Waals surface area contributed by atoms with Crippen LogP contribution in [-0.4, -0.2) is 69.2 Å². The summed E-state index contributed by atoms with van der Waals surface area (Å²) < 4.78 is 98.9. The van der Waals surface area contributed by atoms with Crippen molar-refractivity contribution < 1.29 is 45.4 Å². The van der Waals surface area contributed by atoms with Crippen LogP contribution >= 0.6 is 17.6 Å². The average molecular weight is 724 g/mol. The van der Waals surface area contributed by atoms with E-state index in [-0.39, 0.29) is 19.0 Å².